The molecule has 0 aromatic heterocycles. The molecule has 0 aliphatic heterocycles. The number of alkyl halides is 1. The molecule has 2 N–H and O–H groups in total. The number of hydrogen-bond acceptors (Lipinski definition) is 2. The Hall–Kier alpha value is 0.820. The van der Waals surface area contributed by atoms with Crippen molar-refractivity contribution in [2.45, 2.75) is 47.7 Å². The van der Waals surface area contributed by atoms with Gasteiger partial charge in [0, 0.05) is 22.1 Å². The van der Waals surface area contributed by atoms with E-state index in [2.05, 4.69) is 54.5 Å². The second-order valence-corrected chi connectivity index (χ2v) is 6.12. The summed E-state index contributed by atoms with van der Waals surface area (Å²) in [4.78, 5) is 0. The lowest BCUT2D eigenvalue weighted by Gasteiger charge is -2.26. The molecule has 0 saturated heterocycles. The van der Waals surface area contributed by atoms with Crippen LogP contribution in [0.1, 0.15) is 25.7 Å². The van der Waals surface area contributed by atoms with Crippen LogP contribution in [0, 0.1) is 0 Å². The van der Waals surface area contributed by atoms with E-state index in [4.69, 9.17) is 0 Å². The van der Waals surface area contributed by atoms with Crippen LogP contribution in [-0.4, -0.2) is 22.1 Å². The first-order valence-electron chi connectivity index (χ1n) is 5.34. The first-order valence-corrected chi connectivity index (χ1v) is 7.16. The predicted octanol–water partition coefficient (Wildman–Crippen LogP) is 2.01. The molecule has 1 saturated carbocycles. The number of hydrogen-bond donors (Lipinski definition) is 2. The summed E-state index contributed by atoms with van der Waals surface area (Å²) in [7, 11) is 2.62. The highest BCUT2D eigenvalue weighted by molar-refractivity contribution is 14.1. The fraction of sp³-hybridized carbons (Fsp3) is 0.800. The SMILES string of the molecule is PNC1C=CCC1NC1CCCC1I. The van der Waals surface area contributed by atoms with E-state index in [1.165, 1.54) is 25.7 Å². The van der Waals surface area contributed by atoms with Crippen LogP contribution in [0.5, 0.6) is 0 Å². The van der Waals surface area contributed by atoms with Crippen molar-refractivity contribution in [2.75, 3.05) is 0 Å². The van der Waals surface area contributed by atoms with E-state index in [1.807, 2.05) is 0 Å². The van der Waals surface area contributed by atoms with Crippen LogP contribution in [0.4, 0.5) is 0 Å². The predicted molar refractivity (Wildman–Crippen MR) is 72.8 cm³/mol. The molecule has 0 aromatic rings. The topological polar surface area (TPSA) is 24.1 Å². The molecule has 2 nitrogen and oxygen atoms in total. The van der Waals surface area contributed by atoms with E-state index in [0.717, 1.165) is 9.97 Å². The Kier molecular flexibility index (Phi) is 4.23. The summed E-state index contributed by atoms with van der Waals surface area (Å²) in [5, 5.41) is 7.05. The first kappa shape index (κ1) is 11.3. The van der Waals surface area contributed by atoms with Crippen molar-refractivity contribution in [3.05, 3.63) is 12.2 Å². The van der Waals surface area contributed by atoms with E-state index >= 15 is 0 Å². The summed E-state index contributed by atoms with van der Waals surface area (Å²) in [6.07, 6.45) is 9.85. The van der Waals surface area contributed by atoms with Crippen molar-refractivity contribution in [1.29, 1.82) is 0 Å². The second kappa shape index (κ2) is 5.24. The zero-order chi connectivity index (χ0) is 9.97. The average molecular weight is 324 g/mol. The van der Waals surface area contributed by atoms with E-state index in [0.29, 0.717) is 12.1 Å². The molecule has 0 spiro atoms. The van der Waals surface area contributed by atoms with Gasteiger partial charge in [-0.3, -0.25) is 5.09 Å². The van der Waals surface area contributed by atoms with Crippen LogP contribution >= 0.6 is 32.0 Å². The molecular formula is C10H18IN2P. The van der Waals surface area contributed by atoms with Gasteiger partial charge in [0.15, 0.2) is 0 Å². The molecule has 14 heavy (non-hydrogen) atoms. The zero-order valence-corrected chi connectivity index (χ0v) is 11.6. The van der Waals surface area contributed by atoms with Crippen LogP contribution in [0.15, 0.2) is 12.2 Å². The van der Waals surface area contributed by atoms with Crippen LogP contribution in [0.2, 0.25) is 0 Å². The maximum Gasteiger partial charge on any atom is 0.0438 e. The fourth-order valence-electron chi connectivity index (χ4n) is 2.37. The third-order valence-electron chi connectivity index (χ3n) is 3.22. The third-order valence-corrected chi connectivity index (χ3v) is 5.09. The maximum atomic E-state index is 3.78. The summed E-state index contributed by atoms with van der Waals surface area (Å²) < 4.78 is 0.832. The number of rotatable bonds is 3. The van der Waals surface area contributed by atoms with Crippen LogP contribution < -0.4 is 10.4 Å². The van der Waals surface area contributed by atoms with E-state index in [1.54, 1.807) is 0 Å². The average Bonchev–Trinajstić information content (AvgIpc) is 2.77. The van der Waals surface area contributed by atoms with Crippen LogP contribution in [-0.2, 0) is 0 Å². The molecule has 0 radical (unpaired) electrons. The van der Waals surface area contributed by atoms with Crippen molar-refractivity contribution >= 4 is 32.0 Å². The van der Waals surface area contributed by atoms with Gasteiger partial charge >= 0.3 is 0 Å². The minimum Gasteiger partial charge on any atom is -0.308 e. The Bertz CT molecular complexity index is 222. The standard InChI is InChI=1S/C10H18IN2P/c11-7-3-1-4-8(7)12-9-5-2-6-10(9)13-14/h2,6-10,12-13H,1,3-5,14H2. The van der Waals surface area contributed by atoms with Gasteiger partial charge in [0.25, 0.3) is 0 Å². The second-order valence-electron chi connectivity index (χ2n) is 4.18. The summed E-state index contributed by atoms with van der Waals surface area (Å²) >= 11 is 2.59. The summed E-state index contributed by atoms with van der Waals surface area (Å²) in [5.41, 5.74) is 0. The highest BCUT2D eigenvalue weighted by Gasteiger charge is 2.29. The monoisotopic (exact) mass is 324 g/mol. The molecule has 0 bridgehead atoms. The number of nitrogens with one attached hydrogen (secondary N) is 2. The summed E-state index contributed by atoms with van der Waals surface area (Å²) in [6.45, 7) is 0. The van der Waals surface area contributed by atoms with Crippen molar-refractivity contribution in [1.82, 2.24) is 10.4 Å². The Morgan fingerprint density at radius 1 is 1.29 bits per heavy atom. The van der Waals surface area contributed by atoms with E-state index in [-0.39, 0.29) is 0 Å². The van der Waals surface area contributed by atoms with Crippen molar-refractivity contribution in [3.8, 4) is 0 Å². The van der Waals surface area contributed by atoms with Crippen molar-refractivity contribution in [2.24, 2.45) is 0 Å². The van der Waals surface area contributed by atoms with Crippen molar-refractivity contribution < 1.29 is 0 Å². The largest absolute Gasteiger partial charge is 0.308 e. The third kappa shape index (κ3) is 2.49. The lowest BCUT2D eigenvalue weighted by atomic mass is 10.1. The molecule has 2 aliphatic rings. The van der Waals surface area contributed by atoms with Crippen LogP contribution in [0.25, 0.3) is 0 Å². The van der Waals surface area contributed by atoms with Crippen LogP contribution in [0.3, 0.4) is 0 Å². The fourth-order valence-corrected chi connectivity index (χ4v) is 3.72. The lowest BCUT2D eigenvalue weighted by Crippen LogP contribution is -2.47. The van der Waals surface area contributed by atoms with E-state index < -0.39 is 0 Å². The Balaban J connectivity index is 1.85. The van der Waals surface area contributed by atoms with Gasteiger partial charge < -0.3 is 5.32 Å². The summed E-state index contributed by atoms with van der Waals surface area (Å²) in [5.74, 6) is 0. The molecule has 2 rings (SSSR count). The normalized spacial score (nSPS) is 42.1. The molecule has 5 atom stereocenters. The molecule has 5 unspecified atom stereocenters. The molecule has 1 fully saturated rings. The first-order chi connectivity index (χ1) is 6.81. The molecule has 0 amide bonds. The Morgan fingerprint density at radius 3 is 2.79 bits per heavy atom. The smallest absolute Gasteiger partial charge is 0.0438 e. The van der Waals surface area contributed by atoms with Gasteiger partial charge in [0.05, 0.1) is 0 Å². The van der Waals surface area contributed by atoms with Gasteiger partial charge in [0.1, 0.15) is 0 Å². The minimum atomic E-state index is 0.504. The van der Waals surface area contributed by atoms with Gasteiger partial charge in [-0.15, -0.1) is 0 Å². The highest BCUT2D eigenvalue weighted by atomic mass is 127. The molecule has 80 valence electrons. The quantitative estimate of drug-likeness (QED) is 0.359. The highest BCUT2D eigenvalue weighted by Crippen LogP contribution is 2.27. The van der Waals surface area contributed by atoms with Gasteiger partial charge in [-0.2, -0.15) is 0 Å². The lowest BCUT2D eigenvalue weighted by molar-refractivity contribution is 0.418. The molecule has 0 aromatic carbocycles. The zero-order valence-electron chi connectivity index (χ0n) is 8.25. The van der Waals surface area contributed by atoms with Crippen molar-refractivity contribution in [3.63, 3.8) is 0 Å². The molecular weight excluding hydrogens is 306 g/mol. The molecule has 2 aliphatic carbocycles. The Labute approximate surface area is 102 Å². The summed E-state index contributed by atoms with van der Waals surface area (Å²) in [6, 6.07) is 1.85. The Morgan fingerprint density at radius 2 is 2.14 bits per heavy atom. The maximum absolute atomic E-state index is 3.78. The minimum absolute atomic E-state index is 0.504. The molecule has 4 heteroatoms. The van der Waals surface area contributed by atoms with Gasteiger partial charge in [-0.1, -0.05) is 50.6 Å². The van der Waals surface area contributed by atoms with Gasteiger partial charge in [0.2, 0.25) is 0 Å². The van der Waals surface area contributed by atoms with Gasteiger partial charge in [-0.25, -0.2) is 0 Å². The van der Waals surface area contributed by atoms with E-state index in [9.17, 15) is 0 Å². The number of halogens is 1. The van der Waals surface area contributed by atoms with Gasteiger partial charge in [-0.05, 0) is 19.3 Å². The molecule has 0 heterocycles.